The average Bonchev–Trinajstić information content (AvgIpc) is 2.86. The molecule has 14 heavy (non-hydrogen) atoms. The van der Waals surface area contributed by atoms with Gasteiger partial charge in [-0.1, -0.05) is 6.07 Å². The first-order chi connectivity index (χ1) is 6.88. The Morgan fingerprint density at radius 2 is 2.43 bits per heavy atom. The first-order valence-electron chi connectivity index (χ1n) is 4.10. The highest BCUT2D eigenvalue weighted by Crippen LogP contribution is 2.13. The molecule has 2 nitrogen and oxygen atoms in total. The third kappa shape index (κ3) is 2.25. The lowest BCUT2D eigenvalue weighted by Crippen LogP contribution is -1.75. The molecule has 0 aliphatic rings. The number of halogens is 1. The summed E-state index contributed by atoms with van der Waals surface area (Å²) in [6.45, 7) is 0. The minimum absolute atomic E-state index is 0.385. The van der Waals surface area contributed by atoms with Crippen molar-refractivity contribution in [3.63, 3.8) is 0 Å². The number of oxazole rings is 1. The molecule has 2 aromatic heterocycles. The summed E-state index contributed by atoms with van der Waals surface area (Å²) in [4.78, 5) is 5.32. The predicted molar refractivity (Wildman–Crippen MR) is 59.3 cm³/mol. The van der Waals surface area contributed by atoms with E-state index in [-0.39, 0.29) is 0 Å². The number of alkyl halides is 1. The van der Waals surface area contributed by atoms with Crippen molar-refractivity contribution in [2.24, 2.45) is 0 Å². The molecule has 0 unspecified atom stereocenters. The van der Waals surface area contributed by atoms with E-state index >= 15 is 0 Å². The Kier molecular flexibility index (Phi) is 3.01. The summed E-state index contributed by atoms with van der Waals surface area (Å²) in [5.74, 6) is 0.977. The van der Waals surface area contributed by atoms with Crippen molar-refractivity contribution < 1.29 is 4.42 Å². The fraction of sp³-hybridized carbons (Fsp3) is 0.100. The highest BCUT2D eigenvalue weighted by Gasteiger charge is 1.98. The maximum absolute atomic E-state index is 5.60. The van der Waals surface area contributed by atoms with Crippen LogP contribution in [0.2, 0.25) is 0 Å². The second-order valence-electron chi connectivity index (χ2n) is 2.66. The van der Waals surface area contributed by atoms with Crippen molar-refractivity contribution in [2.75, 3.05) is 0 Å². The molecule has 2 heterocycles. The molecule has 0 aromatic carbocycles. The van der Waals surface area contributed by atoms with Crippen LogP contribution in [0.3, 0.4) is 0 Å². The number of aromatic nitrogens is 1. The van der Waals surface area contributed by atoms with Crippen molar-refractivity contribution in [2.45, 2.75) is 5.88 Å². The van der Waals surface area contributed by atoms with E-state index in [1.165, 1.54) is 4.88 Å². The van der Waals surface area contributed by atoms with E-state index in [0.29, 0.717) is 11.8 Å². The van der Waals surface area contributed by atoms with Gasteiger partial charge in [-0.2, -0.15) is 0 Å². The lowest BCUT2D eigenvalue weighted by atomic mass is 10.4. The molecule has 0 aliphatic carbocycles. The predicted octanol–water partition coefficient (Wildman–Crippen LogP) is 3.65. The minimum atomic E-state index is 0.385. The van der Waals surface area contributed by atoms with Gasteiger partial charge in [0.1, 0.15) is 6.26 Å². The lowest BCUT2D eigenvalue weighted by molar-refractivity contribution is 0.546. The van der Waals surface area contributed by atoms with Crippen LogP contribution in [0.15, 0.2) is 28.2 Å². The van der Waals surface area contributed by atoms with Crippen LogP contribution in [-0.4, -0.2) is 4.98 Å². The van der Waals surface area contributed by atoms with Crippen LogP contribution in [0, 0.1) is 0 Å². The van der Waals surface area contributed by atoms with E-state index in [2.05, 4.69) is 4.98 Å². The topological polar surface area (TPSA) is 26.0 Å². The van der Waals surface area contributed by atoms with Gasteiger partial charge in [0.25, 0.3) is 0 Å². The summed E-state index contributed by atoms with van der Waals surface area (Å²) in [5, 5.41) is 2.03. The summed E-state index contributed by atoms with van der Waals surface area (Å²) in [6, 6.07) is 4.04. The summed E-state index contributed by atoms with van der Waals surface area (Å²) in [7, 11) is 0. The zero-order valence-electron chi connectivity index (χ0n) is 7.31. The van der Waals surface area contributed by atoms with Gasteiger partial charge in [0.2, 0.25) is 5.89 Å². The van der Waals surface area contributed by atoms with Gasteiger partial charge in [-0.3, -0.25) is 0 Å². The zero-order valence-corrected chi connectivity index (χ0v) is 8.89. The Labute approximate surface area is 90.9 Å². The first-order valence-corrected chi connectivity index (χ1v) is 5.52. The Hall–Kier alpha value is -1.06. The van der Waals surface area contributed by atoms with E-state index in [0.717, 1.165) is 5.69 Å². The van der Waals surface area contributed by atoms with Gasteiger partial charge >= 0.3 is 0 Å². The van der Waals surface area contributed by atoms with Crippen molar-refractivity contribution in [3.8, 4) is 0 Å². The van der Waals surface area contributed by atoms with E-state index in [1.807, 2.05) is 29.7 Å². The van der Waals surface area contributed by atoms with Crippen molar-refractivity contribution in [1.29, 1.82) is 0 Å². The quantitative estimate of drug-likeness (QED) is 0.746. The van der Waals surface area contributed by atoms with E-state index in [1.54, 1.807) is 17.6 Å². The summed E-state index contributed by atoms with van der Waals surface area (Å²) < 4.78 is 5.18. The second-order valence-corrected chi connectivity index (χ2v) is 3.91. The summed E-state index contributed by atoms with van der Waals surface area (Å²) >= 11 is 7.27. The first kappa shape index (κ1) is 9.49. The molecule has 0 saturated carbocycles. The molecule has 2 aromatic rings. The molecule has 0 amide bonds. The number of nitrogens with zero attached hydrogens (tertiary/aromatic N) is 1. The third-order valence-corrected chi connectivity index (χ3v) is 2.75. The van der Waals surface area contributed by atoms with Crippen LogP contribution in [0.5, 0.6) is 0 Å². The molecule has 72 valence electrons. The van der Waals surface area contributed by atoms with Crippen LogP contribution < -0.4 is 0 Å². The zero-order chi connectivity index (χ0) is 9.80. The maximum atomic E-state index is 5.60. The Morgan fingerprint density at radius 1 is 1.50 bits per heavy atom. The largest absolute Gasteiger partial charge is 0.445 e. The Balaban J connectivity index is 2.10. The molecule has 0 bridgehead atoms. The molecule has 0 radical (unpaired) electrons. The monoisotopic (exact) mass is 225 g/mol. The minimum Gasteiger partial charge on any atom is -0.445 e. The van der Waals surface area contributed by atoms with E-state index < -0.39 is 0 Å². The van der Waals surface area contributed by atoms with Crippen LogP contribution in [0.4, 0.5) is 0 Å². The second kappa shape index (κ2) is 4.44. The van der Waals surface area contributed by atoms with Crippen LogP contribution in [0.25, 0.3) is 12.2 Å². The van der Waals surface area contributed by atoms with E-state index in [4.69, 9.17) is 16.0 Å². The van der Waals surface area contributed by atoms with E-state index in [9.17, 15) is 0 Å². The molecule has 0 spiro atoms. The molecule has 0 fully saturated rings. The lowest BCUT2D eigenvalue weighted by Gasteiger charge is -1.82. The van der Waals surface area contributed by atoms with Gasteiger partial charge in [-0.05, 0) is 17.5 Å². The molecule has 0 aliphatic heterocycles. The SMILES string of the molecule is ClCc1coc(/C=C/c2cccs2)n1. The Morgan fingerprint density at radius 3 is 3.07 bits per heavy atom. The third-order valence-electron chi connectivity index (χ3n) is 1.64. The van der Waals surface area contributed by atoms with Crippen LogP contribution in [-0.2, 0) is 5.88 Å². The van der Waals surface area contributed by atoms with Gasteiger partial charge < -0.3 is 4.42 Å². The fourth-order valence-corrected chi connectivity index (χ4v) is 1.74. The normalized spacial score (nSPS) is 11.2. The maximum Gasteiger partial charge on any atom is 0.218 e. The highest BCUT2D eigenvalue weighted by atomic mass is 35.5. The number of rotatable bonds is 3. The van der Waals surface area contributed by atoms with Gasteiger partial charge in [0, 0.05) is 11.0 Å². The highest BCUT2D eigenvalue weighted by molar-refractivity contribution is 7.10. The number of hydrogen-bond acceptors (Lipinski definition) is 3. The number of thiophene rings is 1. The molecule has 0 N–H and O–H groups in total. The average molecular weight is 226 g/mol. The summed E-state index contributed by atoms with van der Waals surface area (Å²) in [6.07, 6.45) is 5.37. The molecule has 0 atom stereocenters. The molecule has 4 heteroatoms. The molecule has 2 rings (SSSR count). The molecule has 0 saturated heterocycles. The Bertz CT molecular complexity index is 419. The number of hydrogen-bond donors (Lipinski definition) is 0. The van der Waals surface area contributed by atoms with Gasteiger partial charge in [0.15, 0.2) is 0 Å². The van der Waals surface area contributed by atoms with Crippen molar-refractivity contribution in [3.05, 3.63) is 40.2 Å². The fourth-order valence-electron chi connectivity index (χ4n) is 1.00. The summed E-state index contributed by atoms with van der Waals surface area (Å²) in [5.41, 5.74) is 0.762. The van der Waals surface area contributed by atoms with Gasteiger partial charge in [-0.25, -0.2) is 4.98 Å². The van der Waals surface area contributed by atoms with Crippen LogP contribution in [0.1, 0.15) is 16.5 Å². The van der Waals surface area contributed by atoms with Crippen LogP contribution >= 0.6 is 22.9 Å². The van der Waals surface area contributed by atoms with Crippen molar-refractivity contribution >= 4 is 35.1 Å². The van der Waals surface area contributed by atoms with Crippen molar-refractivity contribution in [1.82, 2.24) is 4.98 Å². The smallest absolute Gasteiger partial charge is 0.218 e. The van der Waals surface area contributed by atoms with Gasteiger partial charge in [-0.15, -0.1) is 22.9 Å². The standard InChI is InChI=1S/C10H8ClNOS/c11-6-8-7-13-10(12-8)4-3-9-2-1-5-14-9/h1-5,7H,6H2/b4-3+. The molecular formula is C10H8ClNOS. The molecular weight excluding hydrogens is 218 g/mol. The van der Waals surface area contributed by atoms with Gasteiger partial charge in [0.05, 0.1) is 11.6 Å².